The second kappa shape index (κ2) is 9.54. The van der Waals surface area contributed by atoms with Crippen molar-refractivity contribution in [1.29, 1.82) is 0 Å². The quantitative estimate of drug-likeness (QED) is 0.400. The standard InChI is InChI=1S/C27H26N2O5S/c1-15-20(16-6-3-2-4-7-16)23(24(30)28-14-19-8-5-13-34-19)26(35-15)29-25(31)21-17-9-11-18(12-10-17)22(21)27(32)33/h2-9,11,13,17-18,21-22H,10,12,14H2,1H3,(H,28,30)(H,29,31)(H,32,33). The molecule has 180 valence electrons. The van der Waals surface area contributed by atoms with Crippen molar-refractivity contribution in [2.75, 3.05) is 5.32 Å². The van der Waals surface area contributed by atoms with Crippen LogP contribution in [0.1, 0.15) is 33.8 Å². The highest BCUT2D eigenvalue weighted by atomic mass is 32.1. The number of carbonyl (C=O) groups excluding carboxylic acids is 2. The average Bonchev–Trinajstić information content (AvgIpc) is 3.50. The molecule has 0 spiro atoms. The van der Waals surface area contributed by atoms with E-state index in [9.17, 15) is 19.5 Å². The van der Waals surface area contributed by atoms with Crippen molar-refractivity contribution < 1.29 is 23.9 Å². The predicted octanol–water partition coefficient (Wildman–Crippen LogP) is 5.10. The molecule has 4 unspecified atom stereocenters. The SMILES string of the molecule is Cc1sc(NC(=O)C2C3C=CC(CC3)C2C(=O)O)c(C(=O)NCc2ccco2)c1-c1ccccc1. The summed E-state index contributed by atoms with van der Waals surface area (Å²) in [6, 6.07) is 13.1. The van der Waals surface area contributed by atoms with Crippen LogP contribution in [0.3, 0.4) is 0 Å². The van der Waals surface area contributed by atoms with Crippen LogP contribution in [-0.2, 0) is 16.1 Å². The maximum Gasteiger partial charge on any atom is 0.307 e. The van der Waals surface area contributed by atoms with Crippen LogP contribution in [-0.4, -0.2) is 22.9 Å². The highest BCUT2D eigenvalue weighted by Crippen LogP contribution is 2.46. The molecule has 0 saturated heterocycles. The van der Waals surface area contributed by atoms with Crippen LogP contribution < -0.4 is 10.6 Å². The molecule has 8 heteroatoms. The number of carbonyl (C=O) groups is 3. The number of carboxylic acid groups (broad SMARTS) is 1. The first-order valence-corrected chi connectivity index (χ1v) is 12.5. The average molecular weight is 491 g/mol. The van der Waals surface area contributed by atoms with Gasteiger partial charge in [0, 0.05) is 10.4 Å². The van der Waals surface area contributed by atoms with E-state index in [1.165, 1.54) is 11.3 Å². The lowest BCUT2D eigenvalue weighted by Crippen LogP contribution is -2.47. The zero-order valence-electron chi connectivity index (χ0n) is 19.2. The molecule has 6 rings (SSSR count). The van der Waals surface area contributed by atoms with Gasteiger partial charge in [-0.25, -0.2) is 0 Å². The largest absolute Gasteiger partial charge is 0.481 e. The van der Waals surface area contributed by atoms with E-state index in [0.29, 0.717) is 16.3 Å². The number of fused-ring (bicyclic) bond motifs is 2. The molecule has 3 aliphatic carbocycles. The Balaban J connectivity index is 1.48. The number of nitrogens with one attached hydrogen (secondary N) is 2. The zero-order chi connectivity index (χ0) is 24.5. The van der Waals surface area contributed by atoms with Crippen molar-refractivity contribution in [1.82, 2.24) is 5.32 Å². The number of aliphatic carboxylic acids is 1. The van der Waals surface area contributed by atoms with Crippen LogP contribution in [0.25, 0.3) is 11.1 Å². The van der Waals surface area contributed by atoms with Gasteiger partial charge in [0.25, 0.3) is 5.91 Å². The van der Waals surface area contributed by atoms with E-state index in [2.05, 4.69) is 10.6 Å². The van der Waals surface area contributed by atoms with E-state index in [0.717, 1.165) is 28.8 Å². The summed E-state index contributed by atoms with van der Waals surface area (Å²) >= 11 is 1.33. The Morgan fingerprint density at radius 2 is 1.74 bits per heavy atom. The molecular weight excluding hydrogens is 464 g/mol. The number of hydrogen-bond acceptors (Lipinski definition) is 5. The van der Waals surface area contributed by atoms with E-state index in [1.807, 2.05) is 49.4 Å². The Bertz CT molecular complexity index is 1280. The van der Waals surface area contributed by atoms with Crippen LogP contribution in [0.4, 0.5) is 5.00 Å². The van der Waals surface area contributed by atoms with Crippen molar-refractivity contribution >= 4 is 34.1 Å². The van der Waals surface area contributed by atoms with Crippen molar-refractivity contribution in [3.63, 3.8) is 0 Å². The molecule has 2 heterocycles. The Morgan fingerprint density at radius 1 is 1.03 bits per heavy atom. The lowest BCUT2D eigenvalue weighted by atomic mass is 9.62. The van der Waals surface area contributed by atoms with E-state index in [1.54, 1.807) is 18.4 Å². The monoisotopic (exact) mass is 490 g/mol. The highest BCUT2D eigenvalue weighted by Gasteiger charge is 2.48. The zero-order valence-corrected chi connectivity index (χ0v) is 20.0. The van der Waals surface area contributed by atoms with E-state index < -0.39 is 17.8 Å². The minimum atomic E-state index is -0.951. The Kier molecular flexibility index (Phi) is 6.30. The van der Waals surface area contributed by atoms with Crippen molar-refractivity contribution in [3.8, 4) is 11.1 Å². The molecule has 3 aromatic rings. The molecule has 1 aromatic carbocycles. The van der Waals surface area contributed by atoms with Crippen LogP contribution in [0.2, 0.25) is 0 Å². The first-order valence-electron chi connectivity index (χ1n) is 11.7. The molecule has 3 aliphatic rings. The summed E-state index contributed by atoms with van der Waals surface area (Å²) in [5.74, 6) is -2.71. The second-order valence-electron chi connectivity index (χ2n) is 9.03. The minimum absolute atomic E-state index is 0.119. The highest BCUT2D eigenvalue weighted by molar-refractivity contribution is 7.17. The molecular formula is C27H26N2O5S. The van der Waals surface area contributed by atoms with Gasteiger partial charge >= 0.3 is 5.97 Å². The number of thiophene rings is 1. The van der Waals surface area contributed by atoms with Crippen molar-refractivity contribution in [2.45, 2.75) is 26.3 Å². The normalized spacial score (nSPS) is 22.7. The second-order valence-corrected chi connectivity index (χ2v) is 10.3. The van der Waals surface area contributed by atoms with Gasteiger partial charge in [-0.3, -0.25) is 14.4 Å². The van der Waals surface area contributed by atoms with E-state index in [4.69, 9.17) is 4.42 Å². The number of benzene rings is 1. The van der Waals surface area contributed by atoms with Gasteiger partial charge in [-0.05, 0) is 49.3 Å². The maximum absolute atomic E-state index is 13.5. The van der Waals surface area contributed by atoms with Gasteiger partial charge < -0.3 is 20.2 Å². The molecule has 3 N–H and O–H groups in total. The number of allylic oxidation sites excluding steroid dienone is 2. The van der Waals surface area contributed by atoms with Gasteiger partial charge in [0.1, 0.15) is 10.8 Å². The summed E-state index contributed by atoms with van der Waals surface area (Å²) in [7, 11) is 0. The summed E-state index contributed by atoms with van der Waals surface area (Å²) in [5.41, 5.74) is 2.00. The summed E-state index contributed by atoms with van der Waals surface area (Å²) in [5, 5.41) is 16.1. The van der Waals surface area contributed by atoms with Gasteiger partial charge in [-0.15, -0.1) is 11.3 Å². The molecule has 2 amide bonds. The van der Waals surface area contributed by atoms with Crippen LogP contribution in [0, 0.1) is 30.6 Å². The van der Waals surface area contributed by atoms with Gasteiger partial charge in [0.2, 0.25) is 5.91 Å². The van der Waals surface area contributed by atoms with E-state index >= 15 is 0 Å². The molecule has 1 fully saturated rings. The summed E-state index contributed by atoms with van der Waals surface area (Å²) in [6.07, 6.45) is 7.02. The third kappa shape index (κ3) is 4.41. The first kappa shape index (κ1) is 23.1. The Labute approximate surface area is 206 Å². The number of carboxylic acids is 1. The fourth-order valence-electron chi connectivity index (χ4n) is 5.35. The third-order valence-electron chi connectivity index (χ3n) is 6.95. The fraction of sp³-hybridized carbons (Fsp3) is 0.296. The molecule has 35 heavy (non-hydrogen) atoms. The van der Waals surface area contributed by atoms with Gasteiger partial charge in [0.15, 0.2) is 0 Å². The fourth-order valence-corrected chi connectivity index (χ4v) is 6.43. The molecule has 7 nitrogen and oxygen atoms in total. The van der Waals surface area contributed by atoms with Crippen molar-refractivity contribution in [2.24, 2.45) is 23.7 Å². The lowest BCUT2D eigenvalue weighted by Gasteiger charge is -2.41. The lowest BCUT2D eigenvalue weighted by molar-refractivity contribution is -0.151. The third-order valence-corrected chi connectivity index (χ3v) is 7.97. The molecule has 0 aliphatic heterocycles. The number of hydrogen-bond donors (Lipinski definition) is 3. The van der Waals surface area contributed by atoms with Gasteiger partial charge in [0.05, 0.1) is 30.2 Å². The van der Waals surface area contributed by atoms with Crippen LogP contribution in [0.15, 0.2) is 65.3 Å². The van der Waals surface area contributed by atoms with Crippen LogP contribution in [0.5, 0.6) is 0 Å². The maximum atomic E-state index is 13.5. The number of rotatable bonds is 7. The van der Waals surface area contributed by atoms with Crippen molar-refractivity contribution in [3.05, 3.63) is 77.1 Å². The first-order chi connectivity index (χ1) is 16.9. The summed E-state index contributed by atoms with van der Waals surface area (Å²) in [6.45, 7) is 2.12. The van der Waals surface area contributed by atoms with Crippen LogP contribution >= 0.6 is 11.3 Å². The molecule has 2 bridgehead atoms. The summed E-state index contributed by atoms with van der Waals surface area (Å²) < 4.78 is 5.33. The Morgan fingerprint density at radius 3 is 2.37 bits per heavy atom. The van der Waals surface area contributed by atoms with E-state index in [-0.39, 0.29) is 30.2 Å². The topological polar surface area (TPSA) is 109 Å². The molecule has 4 atom stereocenters. The predicted molar refractivity (Wildman–Crippen MR) is 133 cm³/mol. The number of anilines is 1. The number of aryl methyl sites for hydroxylation is 1. The smallest absolute Gasteiger partial charge is 0.307 e. The molecule has 0 radical (unpaired) electrons. The number of amides is 2. The molecule has 2 aromatic heterocycles. The minimum Gasteiger partial charge on any atom is -0.481 e. The Hall–Kier alpha value is -3.65. The number of furan rings is 1. The van der Waals surface area contributed by atoms with Gasteiger partial charge in [-0.2, -0.15) is 0 Å². The summed E-state index contributed by atoms with van der Waals surface area (Å²) in [4.78, 5) is 39.9. The van der Waals surface area contributed by atoms with Gasteiger partial charge in [-0.1, -0.05) is 42.5 Å². The molecule has 1 saturated carbocycles.